The number of aryl methyl sites for hydroxylation is 2. The van der Waals surface area contributed by atoms with Crippen molar-refractivity contribution in [2.75, 3.05) is 6.61 Å². The molecule has 0 saturated carbocycles. The number of halogens is 1. The second-order valence-electron chi connectivity index (χ2n) is 4.80. The van der Waals surface area contributed by atoms with E-state index in [1.54, 1.807) is 24.3 Å². The van der Waals surface area contributed by atoms with Crippen LogP contribution >= 0.6 is 15.9 Å². The van der Waals surface area contributed by atoms with Crippen LogP contribution in [-0.4, -0.2) is 18.4 Å². The molecule has 0 N–H and O–H groups in total. The van der Waals surface area contributed by atoms with Crippen LogP contribution in [0.15, 0.2) is 46.9 Å². The van der Waals surface area contributed by atoms with Crippen molar-refractivity contribution in [2.24, 2.45) is 0 Å². The van der Waals surface area contributed by atoms with E-state index in [-0.39, 0.29) is 12.4 Å². The molecule has 0 atom stereocenters. The van der Waals surface area contributed by atoms with Crippen molar-refractivity contribution < 1.29 is 14.3 Å². The number of rotatable bonds is 4. The zero-order valence-corrected chi connectivity index (χ0v) is 13.4. The Labute approximate surface area is 132 Å². The highest BCUT2D eigenvalue weighted by Gasteiger charge is 2.15. The minimum atomic E-state index is -0.475. The summed E-state index contributed by atoms with van der Waals surface area (Å²) in [6.45, 7) is 3.48. The Bertz CT molecular complexity index is 692. The SMILES string of the molecule is Cc1ccc(C)c(C(=O)OCC(=O)c2ccccc2Br)c1. The summed E-state index contributed by atoms with van der Waals surface area (Å²) in [5.74, 6) is -0.710. The van der Waals surface area contributed by atoms with Gasteiger partial charge in [-0.3, -0.25) is 4.79 Å². The van der Waals surface area contributed by atoms with Gasteiger partial charge in [0.1, 0.15) is 0 Å². The summed E-state index contributed by atoms with van der Waals surface area (Å²) in [6, 6.07) is 12.6. The number of ether oxygens (including phenoxy) is 1. The van der Waals surface area contributed by atoms with E-state index in [4.69, 9.17) is 4.74 Å². The fourth-order valence-electron chi connectivity index (χ4n) is 1.93. The summed E-state index contributed by atoms with van der Waals surface area (Å²) >= 11 is 3.31. The van der Waals surface area contributed by atoms with Crippen LogP contribution in [0, 0.1) is 13.8 Å². The molecule has 0 fully saturated rings. The fourth-order valence-corrected chi connectivity index (χ4v) is 2.44. The Morgan fingerprint density at radius 3 is 2.48 bits per heavy atom. The largest absolute Gasteiger partial charge is 0.454 e. The molecule has 0 aromatic heterocycles. The van der Waals surface area contributed by atoms with Crippen LogP contribution in [0.5, 0.6) is 0 Å². The van der Waals surface area contributed by atoms with E-state index < -0.39 is 5.97 Å². The minimum absolute atomic E-state index is 0.235. The zero-order chi connectivity index (χ0) is 15.4. The van der Waals surface area contributed by atoms with Gasteiger partial charge in [-0.15, -0.1) is 0 Å². The van der Waals surface area contributed by atoms with E-state index in [1.165, 1.54) is 0 Å². The summed E-state index contributed by atoms with van der Waals surface area (Å²) < 4.78 is 5.82. The van der Waals surface area contributed by atoms with Crippen molar-refractivity contribution in [3.63, 3.8) is 0 Å². The van der Waals surface area contributed by atoms with Gasteiger partial charge in [0.15, 0.2) is 6.61 Å². The Morgan fingerprint density at radius 1 is 1.05 bits per heavy atom. The Kier molecular flexibility index (Phi) is 4.91. The Balaban J connectivity index is 2.06. The molecule has 0 spiro atoms. The number of carbonyl (C=O) groups excluding carboxylic acids is 2. The molecule has 3 nitrogen and oxygen atoms in total. The monoisotopic (exact) mass is 346 g/mol. The van der Waals surface area contributed by atoms with Crippen LogP contribution < -0.4 is 0 Å². The summed E-state index contributed by atoms with van der Waals surface area (Å²) in [5.41, 5.74) is 2.81. The third-order valence-corrected chi connectivity index (χ3v) is 3.81. The maximum Gasteiger partial charge on any atom is 0.338 e. The molecule has 0 bridgehead atoms. The van der Waals surface area contributed by atoms with Crippen LogP contribution in [0.4, 0.5) is 0 Å². The number of esters is 1. The van der Waals surface area contributed by atoms with Crippen molar-refractivity contribution in [1.29, 1.82) is 0 Å². The van der Waals surface area contributed by atoms with E-state index in [1.807, 2.05) is 32.0 Å². The molecular formula is C17H15BrO3. The molecule has 2 aromatic carbocycles. The second-order valence-corrected chi connectivity index (χ2v) is 5.65. The van der Waals surface area contributed by atoms with Gasteiger partial charge in [-0.1, -0.05) is 51.8 Å². The van der Waals surface area contributed by atoms with Gasteiger partial charge in [-0.2, -0.15) is 0 Å². The van der Waals surface area contributed by atoms with Gasteiger partial charge in [-0.25, -0.2) is 4.79 Å². The topological polar surface area (TPSA) is 43.4 Å². The van der Waals surface area contributed by atoms with Crippen LogP contribution in [0.25, 0.3) is 0 Å². The second kappa shape index (κ2) is 6.68. The fraction of sp³-hybridized carbons (Fsp3) is 0.176. The molecule has 4 heteroatoms. The summed E-state index contributed by atoms with van der Waals surface area (Å²) in [5, 5.41) is 0. The quantitative estimate of drug-likeness (QED) is 0.618. The number of hydrogen-bond donors (Lipinski definition) is 0. The van der Waals surface area contributed by atoms with Crippen LogP contribution in [-0.2, 0) is 4.74 Å². The van der Waals surface area contributed by atoms with Crippen molar-refractivity contribution >= 4 is 27.7 Å². The smallest absolute Gasteiger partial charge is 0.338 e. The summed E-state index contributed by atoms with van der Waals surface area (Å²) in [4.78, 5) is 24.1. The molecule has 2 rings (SSSR count). The molecule has 0 aliphatic heterocycles. The van der Waals surface area contributed by atoms with Crippen molar-refractivity contribution in [3.05, 3.63) is 69.2 Å². The van der Waals surface area contributed by atoms with Gasteiger partial charge < -0.3 is 4.74 Å². The molecule has 21 heavy (non-hydrogen) atoms. The van der Waals surface area contributed by atoms with Gasteiger partial charge in [0.2, 0.25) is 5.78 Å². The van der Waals surface area contributed by atoms with E-state index in [9.17, 15) is 9.59 Å². The first-order valence-corrected chi connectivity index (χ1v) is 7.30. The maximum absolute atomic E-state index is 12.1. The average Bonchev–Trinajstić information content (AvgIpc) is 2.47. The average molecular weight is 347 g/mol. The molecular weight excluding hydrogens is 332 g/mol. The zero-order valence-electron chi connectivity index (χ0n) is 11.9. The molecule has 0 unspecified atom stereocenters. The lowest BCUT2D eigenvalue weighted by atomic mass is 10.1. The standard InChI is InChI=1S/C17H15BrO3/c1-11-7-8-12(2)14(9-11)17(20)21-10-16(19)13-5-3-4-6-15(13)18/h3-9H,10H2,1-2H3. The molecule has 108 valence electrons. The first-order valence-electron chi connectivity index (χ1n) is 6.51. The maximum atomic E-state index is 12.1. The van der Waals surface area contributed by atoms with E-state index in [0.29, 0.717) is 15.6 Å². The highest BCUT2D eigenvalue weighted by Crippen LogP contribution is 2.17. The van der Waals surface area contributed by atoms with Gasteiger partial charge in [0, 0.05) is 10.0 Å². The normalized spacial score (nSPS) is 10.2. The van der Waals surface area contributed by atoms with Gasteiger partial charge in [-0.05, 0) is 31.5 Å². The third kappa shape index (κ3) is 3.79. The molecule has 2 aromatic rings. The first kappa shape index (κ1) is 15.4. The number of hydrogen-bond acceptors (Lipinski definition) is 3. The molecule has 0 aliphatic carbocycles. The molecule has 0 radical (unpaired) electrons. The van der Waals surface area contributed by atoms with Crippen molar-refractivity contribution in [2.45, 2.75) is 13.8 Å². The van der Waals surface area contributed by atoms with E-state index >= 15 is 0 Å². The van der Waals surface area contributed by atoms with Crippen LogP contribution in [0.3, 0.4) is 0 Å². The van der Waals surface area contributed by atoms with Crippen LogP contribution in [0.2, 0.25) is 0 Å². The highest BCUT2D eigenvalue weighted by molar-refractivity contribution is 9.10. The first-order chi connectivity index (χ1) is 9.99. The number of ketones is 1. The molecule has 0 aliphatic rings. The third-order valence-electron chi connectivity index (χ3n) is 3.12. The lowest BCUT2D eigenvalue weighted by Crippen LogP contribution is -2.15. The minimum Gasteiger partial charge on any atom is -0.454 e. The lowest BCUT2D eigenvalue weighted by molar-refractivity contribution is 0.0473. The predicted octanol–water partition coefficient (Wildman–Crippen LogP) is 4.11. The van der Waals surface area contributed by atoms with E-state index in [0.717, 1.165) is 11.1 Å². The molecule has 0 amide bonds. The van der Waals surface area contributed by atoms with Crippen molar-refractivity contribution in [1.82, 2.24) is 0 Å². The molecule has 0 saturated heterocycles. The highest BCUT2D eigenvalue weighted by atomic mass is 79.9. The van der Waals surface area contributed by atoms with E-state index in [2.05, 4.69) is 15.9 Å². The lowest BCUT2D eigenvalue weighted by Gasteiger charge is -2.08. The van der Waals surface area contributed by atoms with Crippen molar-refractivity contribution in [3.8, 4) is 0 Å². The van der Waals surface area contributed by atoms with Gasteiger partial charge >= 0.3 is 5.97 Å². The summed E-state index contributed by atoms with van der Waals surface area (Å²) in [6.07, 6.45) is 0. The van der Waals surface area contributed by atoms with Crippen LogP contribution in [0.1, 0.15) is 31.8 Å². The van der Waals surface area contributed by atoms with Gasteiger partial charge in [0.05, 0.1) is 5.56 Å². The Hall–Kier alpha value is -1.94. The predicted molar refractivity (Wildman–Crippen MR) is 84.7 cm³/mol. The number of Topliss-reactive ketones (excluding diaryl/α,β-unsaturated/α-hetero) is 1. The number of carbonyl (C=O) groups is 2. The summed E-state index contributed by atoms with van der Waals surface area (Å²) in [7, 11) is 0. The number of benzene rings is 2. The Morgan fingerprint density at radius 2 is 1.76 bits per heavy atom. The van der Waals surface area contributed by atoms with Gasteiger partial charge in [0.25, 0.3) is 0 Å². The molecule has 0 heterocycles.